The van der Waals surface area contributed by atoms with Gasteiger partial charge in [-0.15, -0.1) is 11.3 Å². The van der Waals surface area contributed by atoms with Crippen molar-refractivity contribution in [1.29, 1.82) is 5.26 Å². The Labute approximate surface area is 297 Å². The van der Waals surface area contributed by atoms with Crippen LogP contribution in [0.5, 0.6) is 6.01 Å². The zero-order valence-corrected chi connectivity index (χ0v) is 29.3. The van der Waals surface area contributed by atoms with Gasteiger partial charge in [0.25, 0.3) is 0 Å². The number of aliphatic hydroxyl groups excluding tert-OH is 1. The topological polar surface area (TPSA) is 157 Å². The number of ether oxygens (including phenoxy) is 2. The van der Waals surface area contributed by atoms with Crippen molar-refractivity contribution >= 4 is 49.1 Å². The number of nitrogens with zero attached hydrogens (tertiary/aromatic N) is 8. The summed E-state index contributed by atoms with van der Waals surface area (Å²) in [4.78, 5) is 34.9. The molecule has 3 saturated heterocycles. The molecule has 51 heavy (non-hydrogen) atoms. The minimum Gasteiger partial charge on any atom is -0.462 e. The van der Waals surface area contributed by atoms with Crippen LogP contribution >= 0.6 is 11.3 Å². The fraction of sp³-hybridized carbons (Fsp3) is 0.514. The number of benzene rings is 1. The summed E-state index contributed by atoms with van der Waals surface area (Å²) in [6.45, 7) is 8.96. The van der Waals surface area contributed by atoms with Gasteiger partial charge in [-0.2, -0.15) is 15.2 Å². The number of nitriles is 1. The van der Waals surface area contributed by atoms with E-state index in [-0.39, 0.29) is 81.2 Å². The molecular formula is C35H39F2N9O4S. The van der Waals surface area contributed by atoms with Crippen LogP contribution in [0.1, 0.15) is 43.4 Å². The molecule has 0 spiro atoms. The molecule has 7 heterocycles. The Bertz CT molecular complexity index is 2070. The lowest BCUT2D eigenvalue weighted by atomic mass is 9.93. The van der Waals surface area contributed by atoms with E-state index in [0.29, 0.717) is 74.7 Å². The molecule has 1 aromatic carbocycles. The van der Waals surface area contributed by atoms with Crippen molar-refractivity contribution in [2.24, 2.45) is 0 Å². The molecule has 8 rings (SSSR count). The Hall–Kier alpha value is -4.27. The molecule has 13 nitrogen and oxygen atoms in total. The van der Waals surface area contributed by atoms with Gasteiger partial charge in [0, 0.05) is 68.8 Å². The molecule has 268 valence electrons. The average molecular weight is 720 g/mol. The number of rotatable bonds is 9. The lowest BCUT2D eigenvalue weighted by Gasteiger charge is -2.42. The normalized spacial score (nSPS) is 21.5. The second-order valence-electron chi connectivity index (χ2n) is 13.8. The SMILES string of the molecule is CCN1CCN(CCOc2nc(N3C4CCC3CN(CC(C)O)C4)c3c4c(c(-c5ncc(F)c6sc(N)c(C#N)c56)c(F)c3n2)COC4)CC1=O. The van der Waals surface area contributed by atoms with Gasteiger partial charge in [0.1, 0.15) is 29.0 Å². The van der Waals surface area contributed by atoms with E-state index < -0.39 is 17.7 Å². The van der Waals surface area contributed by atoms with Crippen LogP contribution in [0.3, 0.4) is 0 Å². The third kappa shape index (κ3) is 5.81. The Morgan fingerprint density at radius 2 is 1.92 bits per heavy atom. The number of likely N-dealkylation sites (tertiary alicyclic amines) is 1. The highest BCUT2D eigenvalue weighted by atomic mass is 32.1. The number of aromatic nitrogens is 3. The van der Waals surface area contributed by atoms with Gasteiger partial charge in [-0.1, -0.05) is 0 Å². The summed E-state index contributed by atoms with van der Waals surface area (Å²) in [5.74, 6) is -0.713. The van der Waals surface area contributed by atoms with E-state index >= 15 is 8.78 Å². The number of likely N-dealkylation sites (N-methyl/N-ethyl adjacent to an activating group) is 1. The number of anilines is 2. The van der Waals surface area contributed by atoms with Crippen LogP contribution in [-0.2, 0) is 22.7 Å². The summed E-state index contributed by atoms with van der Waals surface area (Å²) in [5, 5.41) is 20.9. The first-order valence-corrected chi connectivity index (χ1v) is 18.2. The van der Waals surface area contributed by atoms with Crippen molar-refractivity contribution in [1.82, 2.24) is 29.7 Å². The van der Waals surface area contributed by atoms with E-state index in [2.05, 4.69) is 25.8 Å². The number of thiophene rings is 1. The van der Waals surface area contributed by atoms with Crippen molar-refractivity contribution in [3.63, 3.8) is 0 Å². The highest BCUT2D eigenvalue weighted by Crippen LogP contribution is 2.48. The molecule has 3 atom stereocenters. The fourth-order valence-corrected chi connectivity index (χ4v) is 9.21. The molecule has 0 saturated carbocycles. The van der Waals surface area contributed by atoms with Gasteiger partial charge < -0.3 is 30.1 Å². The largest absolute Gasteiger partial charge is 0.462 e. The lowest BCUT2D eigenvalue weighted by molar-refractivity contribution is -0.135. The molecule has 3 unspecified atom stereocenters. The van der Waals surface area contributed by atoms with Crippen LogP contribution in [0.2, 0.25) is 0 Å². The number of carbonyl (C=O) groups is 1. The van der Waals surface area contributed by atoms with Gasteiger partial charge in [-0.3, -0.25) is 19.6 Å². The molecule has 4 aromatic rings. The van der Waals surface area contributed by atoms with Crippen molar-refractivity contribution in [2.45, 2.75) is 58.1 Å². The van der Waals surface area contributed by atoms with E-state index in [0.717, 1.165) is 30.4 Å². The summed E-state index contributed by atoms with van der Waals surface area (Å²) in [5.41, 5.74) is 7.64. The maximum atomic E-state index is 17.4. The lowest BCUT2D eigenvalue weighted by Crippen LogP contribution is -2.55. The zero-order valence-electron chi connectivity index (χ0n) is 28.5. The molecule has 0 radical (unpaired) electrons. The summed E-state index contributed by atoms with van der Waals surface area (Å²) in [7, 11) is 0. The van der Waals surface area contributed by atoms with E-state index in [4.69, 9.17) is 20.2 Å². The highest BCUT2D eigenvalue weighted by molar-refractivity contribution is 7.23. The molecule has 3 N–H and O–H groups in total. The molecule has 0 aliphatic carbocycles. The first kappa shape index (κ1) is 33.9. The van der Waals surface area contributed by atoms with E-state index in [1.807, 2.05) is 16.7 Å². The Balaban J connectivity index is 1.25. The van der Waals surface area contributed by atoms with E-state index in [1.165, 1.54) is 0 Å². The summed E-state index contributed by atoms with van der Waals surface area (Å²) < 4.78 is 44.7. The van der Waals surface area contributed by atoms with Gasteiger partial charge in [0.15, 0.2) is 11.6 Å². The van der Waals surface area contributed by atoms with Crippen LogP contribution < -0.4 is 15.4 Å². The maximum absolute atomic E-state index is 17.4. The molecule has 4 aliphatic heterocycles. The minimum absolute atomic E-state index is 0.000231. The number of nitrogen functional groups attached to an aromatic ring is 1. The number of nitrogens with two attached hydrogens (primary N) is 1. The molecule has 2 bridgehead atoms. The molecule has 16 heteroatoms. The van der Waals surface area contributed by atoms with Gasteiger partial charge in [-0.05, 0) is 37.8 Å². The third-order valence-corrected chi connectivity index (χ3v) is 11.6. The Morgan fingerprint density at radius 3 is 2.63 bits per heavy atom. The van der Waals surface area contributed by atoms with Crippen LogP contribution in [0.15, 0.2) is 6.20 Å². The van der Waals surface area contributed by atoms with Gasteiger partial charge >= 0.3 is 6.01 Å². The van der Waals surface area contributed by atoms with Crippen LogP contribution in [0, 0.1) is 23.0 Å². The second-order valence-corrected chi connectivity index (χ2v) is 14.8. The predicted molar refractivity (Wildman–Crippen MR) is 187 cm³/mol. The maximum Gasteiger partial charge on any atom is 0.319 e. The predicted octanol–water partition coefficient (Wildman–Crippen LogP) is 3.25. The van der Waals surface area contributed by atoms with E-state index in [1.54, 1.807) is 6.92 Å². The first-order chi connectivity index (χ1) is 24.7. The van der Waals surface area contributed by atoms with Gasteiger partial charge in [-0.25, -0.2) is 8.78 Å². The minimum atomic E-state index is -0.696. The Kier molecular flexibility index (Phi) is 8.87. The fourth-order valence-electron chi connectivity index (χ4n) is 8.29. The summed E-state index contributed by atoms with van der Waals surface area (Å²) >= 11 is 0.925. The standard InChI is InChI=1S/C35H39F2N9O4S/c1-3-45-7-6-43(15-25(45)48)8-9-50-35-41-31-28(34(42-35)46-19-4-5-20(46)14-44(13-19)12-18(2)47)23-17-49-16-22(23)26(29(31)37)30-27-21(10-38)33(39)51-32(27)24(36)11-40-30/h11,18-20,47H,3-9,12-17,39H2,1-2H3. The molecule has 1 amide bonds. The van der Waals surface area contributed by atoms with Gasteiger partial charge in [0.05, 0.1) is 53.4 Å². The molecular weight excluding hydrogens is 681 g/mol. The van der Waals surface area contributed by atoms with Crippen molar-refractivity contribution in [3.8, 4) is 23.3 Å². The molecule has 4 aliphatic rings. The van der Waals surface area contributed by atoms with Crippen molar-refractivity contribution in [3.05, 3.63) is 34.5 Å². The molecule has 3 fully saturated rings. The number of β-amino-alcohol motifs (C(OH)–C–C–N with tert-alkyl or cyclic N) is 1. The average Bonchev–Trinajstić information content (AvgIpc) is 3.79. The highest BCUT2D eigenvalue weighted by Gasteiger charge is 2.43. The monoisotopic (exact) mass is 719 g/mol. The summed E-state index contributed by atoms with van der Waals surface area (Å²) in [6.07, 6.45) is 2.38. The van der Waals surface area contributed by atoms with Crippen LogP contribution in [0.4, 0.5) is 19.6 Å². The summed E-state index contributed by atoms with van der Waals surface area (Å²) in [6, 6.07) is 2.20. The van der Waals surface area contributed by atoms with Gasteiger partial charge in [0.2, 0.25) is 5.91 Å². The van der Waals surface area contributed by atoms with E-state index in [9.17, 15) is 15.2 Å². The smallest absolute Gasteiger partial charge is 0.319 e. The number of carbonyl (C=O) groups excluding carboxylic acids is 1. The van der Waals surface area contributed by atoms with Crippen molar-refractivity contribution < 1.29 is 28.2 Å². The number of hydrogen-bond acceptors (Lipinski definition) is 13. The number of fused-ring (bicyclic) bond motifs is 6. The number of hydrogen-bond donors (Lipinski definition) is 2. The quantitative estimate of drug-likeness (QED) is 0.261. The van der Waals surface area contributed by atoms with Crippen LogP contribution in [0.25, 0.3) is 32.2 Å². The number of halogens is 2. The zero-order chi connectivity index (χ0) is 35.6. The Morgan fingerprint density at radius 1 is 1.16 bits per heavy atom. The number of aliphatic hydroxyl groups is 1. The first-order valence-electron chi connectivity index (χ1n) is 17.4. The third-order valence-electron chi connectivity index (χ3n) is 10.5. The second kappa shape index (κ2) is 13.4. The van der Waals surface area contributed by atoms with Crippen molar-refractivity contribution in [2.75, 3.05) is 69.6 Å². The number of piperazine rings is 2. The molecule has 3 aromatic heterocycles. The number of pyridine rings is 1. The number of amides is 1. The van der Waals surface area contributed by atoms with Crippen LogP contribution in [-0.4, -0.2) is 118 Å².